The topological polar surface area (TPSA) is 173 Å². The van der Waals surface area contributed by atoms with Gasteiger partial charge in [0.05, 0.1) is 15.5 Å². The van der Waals surface area contributed by atoms with Gasteiger partial charge in [-0.15, -0.1) is 0 Å². The second kappa shape index (κ2) is 9.84. The molecule has 0 unspecified atom stereocenters. The summed E-state index contributed by atoms with van der Waals surface area (Å²) in [4.78, 5) is 24.7. The molecule has 0 aliphatic carbocycles. The highest BCUT2D eigenvalue weighted by molar-refractivity contribution is 7.86. The van der Waals surface area contributed by atoms with E-state index in [1.807, 2.05) is 6.07 Å². The SMILES string of the molecule is O=C1NC(=S)N(c2ccc(Oc3ccccc3)cc2)C(=O)/C1=C/c1ccc(S(=O)(=O)[O-])cc1S(=O)(=O)[O-]. The molecule has 1 aliphatic rings. The van der Waals surface area contributed by atoms with Crippen molar-refractivity contribution in [2.24, 2.45) is 0 Å². The summed E-state index contributed by atoms with van der Waals surface area (Å²) in [6.45, 7) is 0. The molecular weight excluding hydrogens is 544 g/mol. The zero-order chi connectivity index (χ0) is 27.0. The van der Waals surface area contributed by atoms with Gasteiger partial charge in [-0.2, -0.15) is 0 Å². The van der Waals surface area contributed by atoms with Crippen molar-refractivity contribution in [3.63, 3.8) is 0 Å². The van der Waals surface area contributed by atoms with Crippen molar-refractivity contribution in [2.45, 2.75) is 9.79 Å². The quantitative estimate of drug-likeness (QED) is 0.204. The minimum absolute atomic E-state index is 0.241. The van der Waals surface area contributed by atoms with Crippen molar-refractivity contribution < 1.29 is 40.3 Å². The van der Waals surface area contributed by atoms with Gasteiger partial charge in [0, 0.05) is 0 Å². The summed E-state index contributed by atoms with van der Waals surface area (Å²) >= 11 is 5.13. The number of hydrogen-bond acceptors (Lipinski definition) is 10. The number of nitrogens with one attached hydrogen (secondary N) is 1. The highest BCUT2D eigenvalue weighted by Crippen LogP contribution is 2.28. The number of rotatable bonds is 6. The maximum absolute atomic E-state index is 13.2. The Morgan fingerprint density at radius 3 is 2.05 bits per heavy atom. The van der Waals surface area contributed by atoms with E-state index in [-0.39, 0.29) is 10.8 Å². The molecule has 1 saturated heterocycles. The fourth-order valence-corrected chi connectivity index (χ4v) is 4.88. The number of hydrogen-bond donors (Lipinski definition) is 1. The molecule has 3 aromatic rings. The van der Waals surface area contributed by atoms with E-state index in [4.69, 9.17) is 17.0 Å². The van der Waals surface area contributed by atoms with Crippen LogP contribution in [0.15, 0.2) is 88.2 Å². The van der Waals surface area contributed by atoms with Crippen molar-refractivity contribution in [2.75, 3.05) is 4.90 Å². The summed E-state index contributed by atoms with van der Waals surface area (Å²) in [5.41, 5.74) is -0.827. The van der Waals surface area contributed by atoms with Crippen LogP contribution < -0.4 is 15.0 Å². The molecule has 0 bridgehead atoms. The van der Waals surface area contributed by atoms with Crippen molar-refractivity contribution in [3.05, 3.63) is 83.9 Å². The van der Waals surface area contributed by atoms with Crippen LogP contribution in [0.3, 0.4) is 0 Å². The second-order valence-corrected chi connectivity index (χ2v) is 10.6. The number of amides is 2. The van der Waals surface area contributed by atoms with E-state index in [0.717, 1.165) is 23.1 Å². The van der Waals surface area contributed by atoms with Gasteiger partial charge in [-0.05, 0) is 72.4 Å². The number of ether oxygens (including phenoxy) is 1. The molecule has 3 aromatic carbocycles. The van der Waals surface area contributed by atoms with E-state index in [2.05, 4.69) is 5.32 Å². The summed E-state index contributed by atoms with van der Waals surface area (Å²) in [6.07, 6.45) is 0.797. The van der Waals surface area contributed by atoms with E-state index in [0.29, 0.717) is 17.6 Å². The molecule has 4 rings (SSSR count). The minimum Gasteiger partial charge on any atom is -0.744 e. The first kappa shape index (κ1) is 26.1. The molecule has 0 aromatic heterocycles. The maximum atomic E-state index is 13.2. The lowest BCUT2D eigenvalue weighted by atomic mass is 10.1. The van der Waals surface area contributed by atoms with Crippen LogP contribution in [0, 0.1) is 0 Å². The van der Waals surface area contributed by atoms with E-state index in [1.54, 1.807) is 36.4 Å². The van der Waals surface area contributed by atoms with Crippen LogP contribution in [0.1, 0.15) is 5.56 Å². The van der Waals surface area contributed by atoms with E-state index >= 15 is 0 Å². The molecular formula is C23H14N2O9S3-2. The highest BCUT2D eigenvalue weighted by Gasteiger charge is 2.34. The van der Waals surface area contributed by atoms with E-state index < -0.39 is 53.0 Å². The first-order valence-corrected chi connectivity index (χ1v) is 13.4. The Kier molecular flexibility index (Phi) is 6.94. The minimum atomic E-state index is -5.30. The zero-order valence-corrected chi connectivity index (χ0v) is 20.8. The summed E-state index contributed by atoms with van der Waals surface area (Å²) < 4.78 is 74.7. The smallest absolute Gasteiger partial charge is 0.270 e. The third kappa shape index (κ3) is 5.73. The molecule has 2 amide bonds. The van der Waals surface area contributed by atoms with Crippen LogP contribution in [-0.2, 0) is 29.8 Å². The molecule has 11 nitrogen and oxygen atoms in total. The third-order valence-corrected chi connectivity index (χ3v) is 7.03. The Morgan fingerprint density at radius 1 is 0.838 bits per heavy atom. The number of nitrogens with zero attached hydrogens (tertiary/aromatic N) is 1. The average molecular weight is 559 g/mol. The summed E-state index contributed by atoms with van der Waals surface area (Å²) in [7, 11) is -10.4. The van der Waals surface area contributed by atoms with Crippen LogP contribution in [0.5, 0.6) is 11.5 Å². The number of carbonyl (C=O) groups excluding carboxylic acids is 2. The molecule has 37 heavy (non-hydrogen) atoms. The maximum Gasteiger partial charge on any atom is 0.270 e. The first-order chi connectivity index (χ1) is 17.3. The molecule has 1 fully saturated rings. The Bertz CT molecular complexity index is 1670. The lowest BCUT2D eigenvalue weighted by molar-refractivity contribution is -0.122. The van der Waals surface area contributed by atoms with Gasteiger partial charge < -0.3 is 13.8 Å². The molecule has 1 N–H and O–H groups in total. The Morgan fingerprint density at radius 2 is 1.46 bits per heavy atom. The first-order valence-electron chi connectivity index (χ1n) is 10.1. The summed E-state index contributed by atoms with van der Waals surface area (Å²) in [5, 5.41) is 2.05. The normalized spacial score (nSPS) is 15.6. The molecule has 14 heteroatoms. The Hall–Kier alpha value is -3.95. The van der Waals surface area contributed by atoms with Crippen molar-refractivity contribution in [3.8, 4) is 11.5 Å². The molecule has 0 radical (unpaired) electrons. The van der Waals surface area contributed by atoms with Gasteiger partial charge in [0.1, 0.15) is 37.3 Å². The van der Waals surface area contributed by atoms with E-state index in [1.165, 1.54) is 12.1 Å². The summed E-state index contributed by atoms with van der Waals surface area (Å²) in [6, 6.07) is 17.0. The molecule has 1 aliphatic heterocycles. The number of thiocarbonyl (C=S) groups is 1. The van der Waals surface area contributed by atoms with Crippen molar-refractivity contribution in [1.82, 2.24) is 5.32 Å². The molecule has 0 saturated carbocycles. The van der Waals surface area contributed by atoms with Crippen LogP contribution in [0.2, 0.25) is 0 Å². The van der Waals surface area contributed by atoms with Gasteiger partial charge in [0.2, 0.25) is 0 Å². The van der Waals surface area contributed by atoms with Gasteiger partial charge in [0.15, 0.2) is 5.11 Å². The Balaban J connectivity index is 1.70. The lowest BCUT2D eigenvalue weighted by Crippen LogP contribution is -2.54. The predicted octanol–water partition coefficient (Wildman–Crippen LogP) is 2.12. The zero-order valence-electron chi connectivity index (χ0n) is 18.4. The number of anilines is 1. The fourth-order valence-electron chi connectivity index (χ4n) is 3.34. The van der Waals surface area contributed by atoms with Gasteiger partial charge in [-0.3, -0.25) is 19.8 Å². The standard InChI is InChI=1S/C23H16N2O9S3/c26-21-19(12-14-6-11-18(36(28,29)30)13-20(14)37(31,32)33)22(27)25(23(35)24-21)15-7-9-17(10-8-15)34-16-4-2-1-3-5-16/h1-13H,(H,24,26,35)(H,28,29,30)(H,31,32,33)/p-2/b19-12+. The van der Waals surface area contributed by atoms with Gasteiger partial charge in [-0.1, -0.05) is 24.3 Å². The average Bonchev–Trinajstić information content (AvgIpc) is 2.82. The van der Waals surface area contributed by atoms with Crippen molar-refractivity contribution >= 4 is 61.1 Å². The molecule has 1 heterocycles. The second-order valence-electron chi connectivity index (χ2n) is 7.47. The fraction of sp³-hybridized carbons (Fsp3) is 0. The highest BCUT2D eigenvalue weighted by atomic mass is 32.2. The molecule has 0 atom stereocenters. The number of benzene rings is 3. The predicted molar refractivity (Wildman–Crippen MR) is 132 cm³/mol. The van der Waals surface area contributed by atoms with Crippen LogP contribution >= 0.6 is 12.2 Å². The van der Waals surface area contributed by atoms with Gasteiger partial charge in [0.25, 0.3) is 11.8 Å². The van der Waals surface area contributed by atoms with E-state index in [9.17, 15) is 35.5 Å². The third-order valence-electron chi connectivity index (χ3n) is 5.02. The van der Waals surface area contributed by atoms with Crippen LogP contribution in [0.4, 0.5) is 5.69 Å². The monoisotopic (exact) mass is 558 g/mol. The van der Waals surface area contributed by atoms with Crippen molar-refractivity contribution in [1.29, 1.82) is 0 Å². The Labute approximate surface area is 216 Å². The largest absolute Gasteiger partial charge is 0.744 e. The number of carbonyl (C=O) groups is 2. The molecule has 190 valence electrons. The van der Waals surface area contributed by atoms with Crippen LogP contribution in [-0.4, -0.2) is 42.9 Å². The van der Waals surface area contributed by atoms with Crippen LogP contribution in [0.25, 0.3) is 6.08 Å². The molecule has 0 spiro atoms. The lowest BCUT2D eigenvalue weighted by Gasteiger charge is -2.29. The summed E-state index contributed by atoms with van der Waals surface area (Å²) in [5.74, 6) is -0.897. The van der Waals surface area contributed by atoms with Gasteiger partial charge >= 0.3 is 0 Å². The van der Waals surface area contributed by atoms with Gasteiger partial charge in [-0.25, -0.2) is 16.8 Å². The number of para-hydroxylation sites is 1.